The zero-order valence-corrected chi connectivity index (χ0v) is 19.9. The van der Waals surface area contributed by atoms with Crippen LogP contribution < -0.4 is 9.47 Å². The number of halogens is 1. The molecule has 1 atom stereocenters. The van der Waals surface area contributed by atoms with Gasteiger partial charge in [-0.3, -0.25) is 9.59 Å². The largest absolute Gasteiger partial charge is 0.490 e. The van der Waals surface area contributed by atoms with Gasteiger partial charge in [0, 0.05) is 13.1 Å². The van der Waals surface area contributed by atoms with Crippen molar-refractivity contribution in [3.63, 3.8) is 0 Å². The third-order valence-electron chi connectivity index (χ3n) is 5.05. The van der Waals surface area contributed by atoms with Crippen molar-refractivity contribution in [3.05, 3.63) is 22.7 Å². The van der Waals surface area contributed by atoms with Crippen LogP contribution in [-0.4, -0.2) is 61.8 Å². The molecule has 0 radical (unpaired) electrons. The highest BCUT2D eigenvalue weighted by molar-refractivity contribution is 6.32. The highest BCUT2D eigenvalue weighted by Gasteiger charge is 2.31. The normalized spacial score (nSPS) is 15.1. The fourth-order valence-electron chi connectivity index (χ4n) is 3.42. The van der Waals surface area contributed by atoms with Crippen molar-refractivity contribution in [2.24, 2.45) is 5.92 Å². The number of esters is 2. The lowest BCUT2D eigenvalue weighted by molar-refractivity contribution is -0.152. The highest BCUT2D eigenvalue weighted by Crippen LogP contribution is 2.37. The molecule has 1 amide bonds. The molecule has 1 fully saturated rings. The number of likely N-dealkylation sites (tertiary alicyclic amines) is 1. The lowest BCUT2D eigenvalue weighted by atomic mass is 9.97. The molecule has 1 aliphatic heterocycles. The van der Waals surface area contributed by atoms with Crippen LogP contribution in [0.4, 0.5) is 0 Å². The number of hydrogen-bond donors (Lipinski definition) is 0. The Balaban J connectivity index is 2.01. The predicted octanol–water partition coefficient (Wildman–Crippen LogP) is 3.87. The van der Waals surface area contributed by atoms with Gasteiger partial charge in [0.25, 0.3) is 5.91 Å². The van der Waals surface area contributed by atoms with E-state index in [-0.39, 0.29) is 28.4 Å². The average Bonchev–Trinajstić information content (AvgIpc) is 2.78. The monoisotopic (exact) mass is 469 g/mol. The lowest BCUT2D eigenvalue weighted by Gasteiger charge is -2.32. The van der Waals surface area contributed by atoms with Crippen molar-refractivity contribution < 1.29 is 33.3 Å². The van der Waals surface area contributed by atoms with E-state index in [2.05, 4.69) is 0 Å². The van der Waals surface area contributed by atoms with Crippen LogP contribution in [0.1, 0.15) is 57.3 Å². The molecule has 1 aromatic rings. The zero-order chi connectivity index (χ0) is 23.7. The van der Waals surface area contributed by atoms with E-state index in [1.165, 1.54) is 19.1 Å². The second-order valence-corrected chi connectivity index (χ2v) is 7.87. The van der Waals surface area contributed by atoms with Gasteiger partial charge in [-0.15, -0.1) is 0 Å². The van der Waals surface area contributed by atoms with Gasteiger partial charge in [0.1, 0.15) is 0 Å². The van der Waals surface area contributed by atoms with Crippen molar-refractivity contribution in [2.75, 3.05) is 32.9 Å². The molecule has 0 bridgehead atoms. The van der Waals surface area contributed by atoms with Gasteiger partial charge < -0.3 is 23.8 Å². The third-order valence-corrected chi connectivity index (χ3v) is 5.33. The minimum Gasteiger partial charge on any atom is -0.490 e. The summed E-state index contributed by atoms with van der Waals surface area (Å²) in [5.74, 6) is -0.699. The van der Waals surface area contributed by atoms with Gasteiger partial charge >= 0.3 is 11.9 Å². The fraction of sp³-hybridized carbons (Fsp3) is 0.609. The molecular weight excluding hydrogens is 438 g/mol. The van der Waals surface area contributed by atoms with Crippen molar-refractivity contribution in [1.82, 2.24) is 4.90 Å². The van der Waals surface area contributed by atoms with Crippen LogP contribution in [0.25, 0.3) is 0 Å². The molecule has 0 aliphatic carbocycles. The first kappa shape index (κ1) is 25.8. The summed E-state index contributed by atoms with van der Waals surface area (Å²) in [6.45, 7) is 9.07. The third kappa shape index (κ3) is 6.76. The van der Waals surface area contributed by atoms with Gasteiger partial charge in [0.15, 0.2) is 17.6 Å². The molecule has 178 valence electrons. The molecule has 0 N–H and O–H groups in total. The molecule has 1 aliphatic rings. The van der Waals surface area contributed by atoms with E-state index in [1.54, 1.807) is 11.8 Å². The number of amides is 1. The second-order valence-electron chi connectivity index (χ2n) is 7.47. The zero-order valence-electron chi connectivity index (χ0n) is 19.1. The summed E-state index contributed by atoms with van der Waals surface area (Å²) >= 11 is 6.31. The molecule has 2 rings (SSSR count). The maximum absolute atomic E-state index is 12.7. The number of benzene rings is 1. The number of piperidine rings is 1. The maximum atomic E-state index is 12.7. The maximum Gasteiger partial charge on any atom is 0.339 e. The van der Waals surface area contributed by atoms with Gasteiger partial charge in [-0.05, 0) is 52.2 Å². The van der Waals surface area contributed by atoms with Crippen molar-refractivity contribution in [1.29, 1.82) is 0 Å². The van der Waals surface area contributed by atoms with Gasteiger partial charge in [-0.1, -0.05) is 18.5 Å². The number of rotatable bonds is 10. The topological polar surface area (TPSA) is 91.4 Å². The van der Waals surface area contributed by atoms with Crippen LogP contribution in [0.3, 0.4) is 0 Å². The minimum atomic E-state index is -0.980. The van der Waals surface area contributed by atoms with Crippen LogP contribution in [0.2, 0.25) is 5.02 Å². The van der Waals surface area contributed by atoms with Gasteiger partial charge in [-0.2, -0.15) is 0 Å². The molecule has 0 spiro atoms. The summed E-state index contributed by atoms with van der Waals surface area (Å²) in [6.07, 6.45) is 0.866. The molecule has 8 nitrogen and oxygen atoms in total. The number of ether oxygens (including phenoxy) is 4. The molecule has 0 saturated carbocycles. The average molecular weight is 470 g/mol. The van der Waals surface area contributed by atoms with E-state index < -0.39 is 12.1 Å². The minimum absolute atomic E-state index is 0.169. The first-order valence-corrected chi connectivity index (χ1v) is 11.5. The van der Waals surface area contributed by atoms with Crippen molar-refractivity contribution in [3.8, 4) is 11.5 Å². The molecule has 1 saturated heterocycles. The summed E-state index contributed by atoms with van der Waals surface area (Å²) in [7, 11) is 0. The van der Waals surface area contributed by atoms with E-state index in [9.17, 15) is 14.4 Å². The summed E-state index contributed by atoms with van der Waals surface area (Å²) in [5, 5.41) is 0.233. The molecule has 1 heterocycles. The Morgan fingerprint density at radius 1 is 1.09 bits per heavy atom. The Labute approximate surface area is 194 Å². The molecule has 32 heavy (non-hydrogen) atoms. The SMILES string of the molecule is CCCOc1c(Cl)cc(C(=O)OC(C)C(=O)N2CCC(C(=O)OCC)CC2)cc1OCC. The van der Waals surface area contributed by atoms with E-state index >= 15 is 0 Å². The quantitative estimate of drug-likeness (QED) is 0.480. The number of carbonyl (C=O) groups is 3. The number of nitrogens with zero attached hydrogens (tertiary/aromatic N) is 1. The van der Waals surface area contributed by atoms with Gasteiger partial charge in [0.2, 0.25) is 0 Å². The van der Waals surface area contributed by atoms with Crippen LogP contribution in [0, 0.1) is 5.92 Å². The van der Waals surface area contributed by atoms with Crippen LogP contribution in [0.5, 0.6) is 11.5 Å². The summed E-state index contributed by atoms with van der Waals surface area (Å²) in [5.41, 5.74) is 0.169. The van der Waals surface area contributed by atoms with Crippen LogP contribution >= 0.6 is 11.6 Å². The van der Waals surface area contributed by atoms with E-state index in [4.69, 9.17) is 30.5 Å². The van der Waals surface area contributed by atoms with Gasteiger partial charge in [-0.25, -0.2) is 4.79 Å². The number of carbonyl (C=O) groups excluding carboxylic acids is 3. The molecule has 0 aromatic heterocycles. The fourth-order valence-corrected chi connectivity index (χ4v) is 3.69. The Bertz CT molecular complexity index is 806. The Kier molecular flexibility index (Phi) is 10.1. The first-order valence-electron chi connectivity index (χ1n) is 11.1. The Hall–Kier alpha value is -2.48. The smallest absolute Gasteiger partial charge is 0.339 e. The Morgan fingerprint density at radius 3 is 2.38 bits per heavy atom. The summed E-state index contributed by atoms with van der Waals surface area (Å²) < 4.78 is 21.7. The summed E-state index contributed by atoms with van der Waals surface area (Å²) in [4.78, 5) is 38.9. The van der Waals surface area contributed by atoms with E-state index in [1.807, 2.05) is 13.8 Å². The van der Waals surface area contributed by atoms with E-state index in [0.717, 1.165) is 6.42 Å². The molecule has 9 heteroatoms. The number of hydrogen-bond acceptors (Lipinski definition) is 7. The van der Waals surface area contributed by atoms with Crippen LogP contribution in [-0.2, 0) is 19.1 Å². The molecule has 1 aromatic carbocycles. The van der Waals surface area contributed by atoms with Crippen molar-refractivity contribution in [2.45, 2.75) is 53.1 Å². The summed E-state index contributed by atoms with van der Waals surface area (Å²) in [6, 6.07) is 2.95. The standard InChI is InChI=1S/C23H32ClNO7/c1-5-12-31-20-18(24)13-17(14-19(20)29-6-2)23(28)32-15(4)21(26)25-10-8-16(9-11-25)22(27)30-7-3/h13-16H,5-12H2,1-4H3. The van der Waals surface area contributed by atoms with Crippen molar-refractivity contribution >= 4 is 29.4 Å². The predicted molar refractivity (Wildman–Crippen MR) is 119 cm³/mol. The molecule has 1 unspecified atom stereocenters. The van der Waals surface area contributed by atoms with Gasteiger partial charge in [0.05, 0.1) is 36.3 Å². The lowest BCUT2D eigenvalue weighted by Crippen LogP contribution is -2.45. The molecular formula is C23H32ClNO7. The van der Waals surface area contributed by atoms with Crippen LogP contribution in [0.15, 0.2) is 12.1 Å². The highest BCUT2D eigenvalue weighted by atomic mass is 35.5. The second kappa shape index (κ2) is 12.5. The first-order chi connectivity index (χ1) is 15.3. The van der Waals surface area contributed by atoms with E-state index in [0.29, 0.717) is 57.3 Å². The Morgan fingerprint density at radius 2 is 1.78 bits per heavy atom.